The number of rotatable bonds is 4. The second-order valence-corrected chi connectivity index (χ2v) is 8.46. The minimum atomic E-state index is -0.136. The van der Waals surface area contributed by atoms with Crippen LogP contribution in [0, 0.1) is 0 Å². The third-order valence-corrected chi connectivity index (χ3v) is 6.52. The van der Waals surface area contributed by atoms with E-state index in [4.69, 9.17) is 9.72 Å². The number of hydrogen-bond donors (Lipinski definition) is 1. The van der Waals surface area contributed by atoms with Crippen LogP contribution in [0.15, 0.2) is 41.2 Å². The Kier molecular flexibility index (Phi) is 5.13. The van der Waals surface area contributed by atoms with E-state index in [1.165, 1.54) is 4.88 Å². The first kappa shape index (κ1) is 18.5. The number of aromatic nitrogens is 3. The molecule has 2 aliphatic heterocycles. The number of H-pyrrole nitrogens is 1. The Bertz CT molecular complexity index is 1040. The lowest BCUT2D eigenvalue weighted by molar-refractivity contribution is 0.122. The minimum Gasteiger partial charge on any atom is -0.378 e. The highest BCUT2D eigenvalue weighted by Gasteiger charge is 2.23. The molecule has 3 aromatic rings. The van der Waals surface area contributed by atoms with Gasteiger partial charge in [0.2, 0.25) is 0 Å². The number of nitrogens with zero attached hydrogens (tertiary/aromatic N) is 4. The summed E-state index contributed by atoms with van der Waals surface area (Å²) < 4.78 is 5.50. The van der Waals surface area contributed by atoms with Gasteiger partial charge in [0.25, 0.3) is 5.56 Å². The van der Waals surface area contributed by atoms with Crippen LogP contribution < -0.4 is 10.5 Å². The van der Waals surface area contributed by atoms with Crippen molar-refractivity contribution in [3.63, 3.8) is 0 Å². The molecule has 0 amide bonds. The Balaban J connectivity index is 1.44. The van der Waals surface area contributed by atoms with E-state index in [-0.39, 0.29) is 5.56 Å². The molecule has 4 heterocycles. The number of morpholine rings is 1. The van der Waals surface area contributed by atoms with Gasteiger partial charge < -0.3 is 9.64 Å². The lowest BCUT2D eigenvalue weighted by Crippen LogP contribution is -2.36. The highest BCUT2D eigenvalue weighted by molar-refractivity contribution is 7.16. The van der Waals surface area contributed by atoms with E-state index in [1.807, 2.05) is 6.07 Å². The van der Waals surface area contributed by atoms with Gasteiger partial charge in [0.15, 0.2) is 5.13 Å². The summed E-state index contributed by atoms with van der Waals surface area (Å²) in [7, 11) is 0. The summed E-state index contributed by atoms with van der Waals surface area (Å²) in [5.41, 5.74) is 4.10. The quantitative estimate of drug-likeness (QED) is 0.713. The minimum absolute atomic E-state index is 0.136. The molecule has 1 aromatic carbocycles. The Morgan fingerprint density at radius 2 is 1.97 bits per heavy atom. The summed E-state index contributed by atoms with van der Waals surface area (Å²) >= 11 is 1.77. The van der Waals surface area contributed by atoms with Gasteiger partial charge in [0, 0.05) is 55.7 Å². The summed E-state index contributed by atoms with van der Waals surface area (Å²) in [6.45, 7) is 5.74. The topological polar surface area (TPSA) is 74.4 Å². The Hall–Kier alpha value is -2.55. The number of anilines is 1. The first-order valence-corrected chi connectivity index (χ1v) is 10.8. The molecule has 0 saturated carbocycles. The SMILES string of the molecule is O=c1cc2c(n[nH]1)CCN(Cc1sc(N3CCOCC3)nc1-c1ccccc1)C2. The molecule has 2 aromatic heterocycles. The van der Waals surface area contributed by atoms with Gasteiger partial charge in [-0.1, -0.05) is 41.7 Å². The van der Waals surface area contributed by atoms with Crippen molar-refractivity contribution in [2.24, 2.45) is 0 Å². The van der Waals surface area contributed by atoms with Crippen LogP contribution in [0.4, 0.5) is 5.13 Å². The summed E-state index contributed by atoms with van der Waals surface area (Å²) in [4.78, 5) is 22.6. The van der Waals surface area contributed by atoms with Gasteiger partial charge in [-0.3, -0.25) is 9.69 Å². The molecule has 0 aliphatic carbocycles. The molecular formula is C21H23N5O2S. The maximum absolute atomic E-state index is 11.7. The van der Waals surface area contributed by atoms with Crippen molar-refractivity contribution in [1.82, 2.24) is 20.1 Å². The van der Waals surface area contributed by atoms with E-state index in [2.05, 4.69) is 44.3 Å². The number of aromatic amines is 1. The largest absolute Gasteiger partial charge is 0.378 e. The van der Waals surface area contributed by atoms with E-state index in [0.29, 0.717) is 0 Å². The van der Waals surface area contributed by atoms with Gasteiger partial charge in [0.1, 0.15) is 0 Å². The van der Waals surface area contributed by atoms with E-state index >= 15 is 0 Å². The number of thiazole rings is 1. The number of nitrogens with one attached hydrogen (secondary N) is 1. The molecule has 0 unspecified atom stereocenters. The third kappa shape index (κ3) is 3.96. The molecule has 1 N–H and O–H groups in total. The highest BCUT2D eigenvalue weighted by Crippen LogP contribution is 2.35. The van der Waals surface area contributed by atoms with Gasteiger partial charge in [-0.15, -0.1) is 0 Å². The molecule has 0 atom stereocenters. The van der Waals surface area contributed by atoms with Crippen molar-refractivity contribution in [1.29, 1.82) is 0 Å². The van der Waals surface area contributed by atoms with Crippen molar-refractivity contribution in [3.8, 4) is 11.3 Å². The maximum Gasteiger partial charge on any atom is 0.264 e. The summed E-state index contributed by atoms with van der Waals surface area (Å²) in [6.07, 6.45) is 0.849. The highest BCUT2D eigenvalue weighted by atomic mass is 32.1. The fourth-order valence-electron chi connectivity index (χ4n) is 3.90. The summed E-state index contributed by atoms with van der Waals surface area (Å²) in [5.74, 6) is 0. The Morgan fingerprint density at radius 3 is 2.79 bits per heavy atom. The molecule has 7 nitrogen and oxygen atoms in total. The zero-order valence-corrected chi connectivity index (χ0v) is 17.0. The molecule has 0 spiro atoms. The fourth-order valence-corrected chi connectivity index (χ4v) is 5.08. The second kappa shape index (κ2) is 8.06. The first-order chi connectivity index (χ1) is 14.3. The fraction of sp³-hybridized carbons (Fsp3) is 0.381. The van der Waals surface area contributed by atoms with Gasteiger partial charge in [-0.25, -0.2) is 10.1 Å². The molecule has 1 fully saturated rings. The first-order valence-electron chi connectivity index (χ1n) is 9.94. The molecule has 5 rings (SSSR count). The average molecular weight is 410 g/mol. The molecule has 2 aliphatic rings. The van der Waals surface area contributed by atoms with Gasteiger partial charge in [-0.2, -0.15) is 5.10 Å². The predicted molar refractivity (Wildman–Crippen MR) is 113 cm³/mol. The summed E-state index contributed by atoms with van der Waals surface area (Å²) in [5, 5.41) is 7.81. The molecule has 8 heteroatoms. The van der Waals surface area contributed by atoms with Crippen molar-refractivity contribution < 1.29 is 4.74 Å². The van der Waals surface area contributed by atoms with Crippen LogP contribution in [0.3, 0.4) is 0 Å². The molecule has 150 valence electrons. The lowest BCUT2D eigenvalue weighted by Gasteiger charge is -2.27. The van der Waals surface area contributed by atoms with Crippen LogP contribution in [0.2, 0.25) is 0 Å². The van der Waals surface area contributed by atoms with E-state index in [9.17, 15) is 4.79 Å². The lowest BCUT2D eigenvalue weighted by atomic mass is 10.1. The molecule has 29 heavy (non-hydrogen) atoms. The Morgan fingerprint density at radius 1 is 1.14 bits per heavy atom. The van der Waals surface area contributed by atoms with Crippen LogP contribution in [-0.4, -0.2) is 52.9 Å². The van der Waals surface area contributed by atoms with Gasteiger partial charge in [-0.05, 0) is 5.56 Å². The van der Waals surface area contributed by atoms with E-state index < -0.39 is 0 Å². The second-order valence-electron chi connectivity index (χ2n) is 7.40. The third-order valence-electron chi connectivity index (χ3n) is 5.42. The number of ether oxygens (including phenoxy) is 1. The van der Waals surface area contributed by atoms with Crippen LogP contribution in [-0.2, 0) is 24.2 Å². The van der Waals surface area contributed by atoms with Crippen molar-refractivity contribution in [2.45, 2.75) is 19.5 Å². The molecule has 0 bridgehead atoms. The molecule has 1 saturated heterocycles. The van der Waals surface area contributed by atoms with Crippen LogP contribution in [0.5, 0.6) is 0 Å². The standard InChI is InChI=1S/C21H23N5O2S/c27-19-12-16-13-25(7-6-17(16)23-24-19)14-18-20(15-4-2-1-3-5-15)22-21(29-18)26-8-10-28-11-9-26/h1-5,12H,6-11,13-14H2,(H,24,27). The number of benzene rings is 1. The van der Waals surface area contributed by atoms with E-state index in [1.54, 1.807) is 17.4 Å². The molecular weight excluding hydrogens is 386 g/mol. The summed E-state index contributed by atoms with van der Waals surface area (Å²) in [6, 6.07) is 12.1. The van der Waals surface area contributed by atoms with Crippen molar-refractivity contribution in [3.05, 3.63) is 62.9 Å². The van der Waals surface area contributed by atoms with Crippen molar-refractivity contribution in [2.75, 3.05) is 37.7 Å². The average Bonchev–Trinajstić information content (AvgIpc) is 3.18. The van der Waals surface area contributed by atoms with Gasteiger partial charge in [0.05, 0.1) is 24.6 Å². The number of hydrogen-bond acceptors (Lipinski definition) is 7. The maximum atomic E-state index is 11.7. The van der Waals surface area contributed by atoms with E-state index in [0.717, 1.165) is 80.0 Å². The number of fused-ring (bicyclic) bond motifs is 1. The zero-order chi connectivity index (χ0) is 19.6. The van der Waals surface area contributed by atoms with Crippen LogP contribution in [0.25, 0.3) is 11.3 Å². The van der Waals surface area contributed by atoms with Crippen LogP contribution in [0.1, 0.15) is 16.1 Å². The smallest absolute Gasteiger partial charge is 0.264 e. The monoisotopic (exact) mass is 409 g/mol. The molecule has 0 radical (unpaired) electrons. The normalized spacial score (nSPS) is 17.3. The zero-order valence-electron chi connectivity index (χ0n) is 16.1. The Labute approximate surface area is 173 Å². The van der Waals surface area contributed by atoms with Gasteiger partial charge >= 0.3 is 0 Å². The predicted octanol–water partition coefficient (Wildman–Crippen LogP) is 2.29. The van der Waals surface area contributed by atoms with Crippen molar-refractivity contribution >= 4 is 16.5 Å². The van der Waals surface area contributed by atoms with Crippen LogP contribution >= 0.6 is 11.3 Å².